The van der Waals surface area contributed by atoms with Gasteiger partial charge in [-0.2, -0.15) is 21.6 Å². The summed E-state index contributed by atoms with van der Waals surface area (Å²) in [5.74, 6) is -0.774. The Morgan fingerprint density at radius 2 is 1.74 bits per heavy atom. The first kappa shape index (κ1) is 29.8. The number of halogens is 3. The molecule has 1 aliphatic carbocycles. The number of carbonyl (C=O) groups excluding carboxylic acids is 1. The fourth-order valence-electron chi connectivity index (χ4n) is 4.72. The van der Waals surface area contributed by atoms with E-state index in [1.807, 2.05) is 6.07 Å². The van der Waals surface area contributed by atoms with Gasteiger partial charge in [-0.15, -0.1) is 0 Å². The molecule has 2 aromatic rings. The molecule has 0 aromatic heterocycles. The predicted molar refractivity (Wildman–Crippen MR) is 138 cm³/mol. The van der Waals surface area contributed by atoms with Crippen molar-refractivity contribution < 1.29 is 36.6 Å². The van der Waals surface area contributed by atoms with Gasteiger partial charge >= 0.3 is 6.18 Å². The number of rotatable bonds is 6. The van der Waals surface area contributed by atoms with E-state index in [4.69, 9.17) is 0 Å². The summed E-state index contributed by atoms with van der Waals surface area (Å²) in [5, 5.41) is 22.7. The summed E-state index contributed by atoms with van der Waals surface area (Å²) in [6, 6.07) is 12.5. The number of benzene rings is 2. The van der Waals surface area contributed by atoms with Crippen molar-refractivity contribution in [3.63, 3.8) is 0 Å². The van der Waals surface area contributed by atoms with Crippen LogP contribution >= 0.6 is 0 Å². The number of carbonyl (C=O) groups is 1. The molecule has 3 atom stereocenters. The first-order valence-corrected chi connectivity index (χ1v) is 13.7. The Labute approximate surface area is 221 Å². The van der Waals surface area contributed by atoms with E-state index in [1.54, 1.807) is 6.07 Å². The molecule has 4 rings (SSSR count). The van der Waals surface area contributed by atoms with Crippen LogP contribution in [0.5, 0.6) is 0 Å². The Morgan fingerprint density at radius 3 is 2.34 bits per heavy atom. The smallest absolute Gasteiger partial charge is 0.385 e. The average Bonchev–Trinajstić information content (AvgIpc) is 2.89. The number of fused-ring (bicyclic) bond motifs is 1. The Balaban J connectivity index is 0.000000336. The molecule has 0 unspecified atom stereocenters. The second-order valence-corrected chi connectivity index (χ2v) is 10.3. The summed E-state index contributed by atoms with van der Waals surface area (Å²) in [6.45, 7) is 3.22. The number of nitrogens with zero attached hydrogens (tertiary/aromatic N) is 1. The highest BCUT2D eigenvalue weighted by Gasteiger charge is 2.30. The number of aliphatic hydroxyl groups is 2. The third kappa shape index (κ3) is 8.93. The highest BCUT2D eigenvalue weighted by molar-refractivity contribution is 7.71. The van der Waals surface area contributed by atoms with Gasteiger partial charge in [0.2, 0.25) is 10.3 Å². The van der Waals surface area contributed by atoms with Gasteiger partial charge in [0.15, 0.2) is 6.10 Å². The largest absolute Gasteiger partial charge is 0.416 e. The molecule has 1 fully saturated rings. The van der Waals surface area contributed by atoms with Gasteiger partial charge in [0.1, 0.15) is 6.10 Å². The molecule has 1 saturated heterocycles. The molecule has 2 aliphatic rings. The third-order valence-corrected chi connectivity index (χ3v) is 7.14. The van der Waals surface area contributed by atoms with Crippen LogP contribution in [-0.4, -0.2) is 60.1 Å². The average molecular weight is 555 g/mol. The van der Waals surface area contributed by atoms with E-state index < -0.39 is 40.1 Å². The molecular weight excluding hydrogens is 521 g/mol. The molecule has 38 heavy (non-hydrogen) atoms. The van der Waals surface area contributed by atoms with Gasteiger partial charge in [0, 0.05) is 6.54 Å². The maximum atomic E-state index is 12.2. The Morgan fingerprint density at radius 1 is 1.05 bits per heavy atom. The van der Waals surface area contributed by atoms with E-state index in [0.717, 1.165) is 56.6 Å². The van der Waals surface area contributed by atoms with Crippen LogP contribution < -0.4 is 5.32 Å². The van der Waals surface area contributed by atoms with Gasteiger partial charge in [-0.3, -0.25) is 9.69 Å². The first-order valence-electron chi connectivity index (χ1n) is 12.6. The van der Waals surface area contributed by atoms with Crippen molar-refractivity contribution in [2.45, 2.75) is 69.5 Å². The van der Waals surface area contributed by atoms with Crippen molar-refractivity contribution in [1.82, 2.24) is 10.2 Å². The molecule has 208 valence electrons. The van der Waals surface area contributed by atoms with Crippen molar-refractivity contribution in [3.8, 4) is 0 Å². The van der Waals surface area contributed by atoms with Gasteiger partial charge in [0.25, 0.3) is 5.91 Å². The van der Waals surface area contributed by atoms with Crippen LogP contribution in [0, 0.1) is 0 Å². The number of nitrogens with one attached hydrogen (secondary N) is 1. The lowest BCUT2D eigenvalue weighted by Gasteiger charge is -2.30. The van der Waals surface area contributed by atoms with E-state index in [2.05, 4.69) is 22.3 Å². The third-order valence-electron chi connectivity index (χ3n) is 6.64. The molecule has 1 aliphatic heterocycles. The lowest BCUT2D eigenvalue weighted by Crippen LogP contribution is -2.44. The molecular formula is C27H33F3N2O5S. The number of alkyl halides is 3. The number of hydrogen-bond acceptors (Lipinski definition) is 6. The normalized spacial score (nSPS) is 19.2. The van der Waals surface area contributed by atoms with Crippen molar-refractivity contribution in [2.75, 3.05) is 13.1 Å². The number of piperidine rings is 1. The van der Waals surface area contributed by atoms with Crippen LogP contribution in [0.3, 0.4) is 0 Å². The number of hydrogen-bond donors (Lipinski definition) is 3. The molecule has 11 heteroatoms. The monoisotopic (exact) mass is 554 g/mol. The van der Waals surface area contributed by atoms with E-state index in [0.29, 0.717) is 5.37 Å². The fourth-order valence-corrected chi connectivity index (χ4v) is 5.10. The minimum absolute atomic E-state index is 0.250. The second-order valence-electron chi connectivity index (χ2n) is 9.52. The summed E-state index contributed by atoms with van der Waals surface area (Å²) in [6.07, 6.45) is -1.36. The maximum absolute atomic E-state index is 12.2. The Hall–Kier alpha value is -2.73. The summed E-state index contributed by atoms with van der Waals surface area (Å²) in [7, 11) is -2.65. The highest BCUT2D eigenvalue weighted by Crippen LogP contribution is 2.31. The van der Waals surface area contributed by atoms with Crippen LogP contribution in [0.4, 0.5) is 13.2 Å². The standard InChI is InChI=1S/C20H28N2O5S.C7H5F3/c23-18(13-28(26)27)19(24)20(25)21-17-6-4-5-15-11-14(7-8-16(15)17)12-22-9-2-1-3-10-22;8-7(9,10)6-4-2-1-3-5-6/h7-8,11,13,17-19,23-24H,1-6,9-10,12H2,(H,21,25);1-5H/t17-,18-,19-;/m1./s1. The zero-order valence-corrected chi connectivity index (χ0v) is 21.7. The minimum atomic E-state index is -4.21. The molecule has 1 heterocycles. The van der Waals surface area contributed by atoms with E-state index in [9.17, 15) is 36.6 Å². The summed E-state index contributed by atoms with van der Waals surface area (Å²) >= 11 is 0. The Bertz CT molecular complexity index is 1190. The van der Waals surface area contributed by atoms with Crippen molar-refractivity contribution in [1.29, 1.82) is 0 Å². The quantitative estimate of drug-likeness (QED) is 0.474. The molecule has 3 N–H and O–H groups in total. The Kier molecular flexibility index (Phi) is 10.9. The maximum Gasteiger partial charge on any atom is 0.416 e. The molecule has 1 amide bonds. The molecule has 7 nitrogen and oxygen atoms in total. The lowest BCUT2D eigenvalue weighted by molar-refractivity contribution is -0.137. The van der Waals surface area contributed by atoms with Crippen molar-refractivity contribution >= 4 is 21.6 Å². The van der Waals surface area contributed by atoms with Crippen molar-refractivity contribution in [2.24, 2.45) is 0 Å². The van der Waals surface area contributed by atoms with Crippen LogP contribution in [0.15, 0.2) is 48.5 Å². The van der Waals surface area contributed by atoms with E-state index >= 15 is 0 Å². The van der Waals surface area contributed by atoms with Gasteiger partial charge in [-0.1, -0.05) is 55.0 Å². The molecule has 2 aromatic carbocycles. The van der Waals surface area contributed by atoms with E-state index in [1.165, 1.54) is 42.5 Å². The summed E-state index contributed by atoms with van der Waals surface area (Å²) < 4.78 is 56.6. The van der Waals surface area contributed by atoms with Gasteiger partial charge in [-0.25, -0.2) is 0 Å². The van der Waals surface area contributed by atoms with E-state index in [-0.39, 0.29) is 6.04 Å². The molecule has 0 bridgehead atoms. The predicted octanol–water partition coefficient (Wildman–Crippen LogP) is 3.27. The number of amides is 1. The molecule has 0 spiro atoms. The van der Waals surface area contributed by atoms with Crippen LogP contribution in [0.1, 0.15) is 60.4 Å². The van der Waals surface area contributed by atoms with Gasteiger partial charge in [0.05, 0.1) is 17.0 Å². The van der Waals surface area contributed by atoms with Gasteiger partial charge in [-0.05, 0) is 61.9 Å². The highest BCUT2D eigenvalue weighted by atomic mass is 32.2. The lowest BCUT2D eigenvalue weighted by atomic mass is 9.86. The zero-order chi connectivity index (χ0) is 27.7. The van der Waals surface area contributed by atoms with Crippen LogP contribution in [0.25, 0.3) is 0 Å². The van der Waals surface area contributed by atoms with Gasteiger partial charge < -0.3 is 15.5 Å². The number of aliphatic hydroxyl groups excluding tert-OH is 2. The van der Waals surface area contributed by atoms with Crippen LogP contribution in [-0.2, 0) is 34.2 Å². The fraction of sp³-hybridized carbons (Fsp3) is 0.481. The zero-order valence-electron chi connectivity index (χ0n) is 20.9. The second kappa shape index (κ2) is 13.9. The summed E-state index contributed by atoms with van der Waals surface area (Å²) in [4.78, 5) is 14.7. The molecule has 0 radical (unpaired) electrons. The minimum Gasteiger partial charge on any atom is -0.385 e. The first-order chi connectivity index (χ1) is 18.0. The summed E-state index contributed by atoms with van der Waals surface area (Å²) in [5.41, 5.74) is 2.90. The molecule has 0 saturated carbocycles. The van der Waals surface area contributed by atoms with Crippen LogP contribution in [0.2, 0.25) is 0 Å². The number of aryl methyl sites for hydroxylation is 1. The van der Waals surface area contributed by atoms with Crippen molar-refractivity contribution in [3.05, 3.63) is 70.8 Å². The number of likely N-dealkylation sites (tertiary alicyclic amines) is 1. The topological polar surface area (TPSA) is 107 Å². The SMILES string of the molecule is FC(F)(F)c1ccccc1.O=C(N[C@@H]1CCCc2cc(CN3CCCCC3)ccc21)[C@H](O)[C@H](O)C=S(=O)=O.